The van der Waals surface area contributed by atoms with Gasteiger partial charge in [0.05, 0.1) is 7.11 Å². The second kappa shape index (κ2) is 11.6. The van der Waals surface area contributed by atoms with Gasteiger partial charge >= 0.3 is 6.03 Å². The van der Waals surface area contributed by atoms with Crippen LogP contribution in [0, 0.1) is 0 Å². The number of benzene rings is 2. The van der Waals surface area contributed by atoms with Crippen LogP contribution in [0.2, 0.25) is 0 Å². The van der Waals surface area contributed by atoms with Gasteiger partial charge in [0.2, 0.25) is 0 Å². The van der Waals surface area contributed by atoms with Crippen molar-refractivity contribution in [1.82, 2.24) is 16.0 Å². The summed E-state index contributed by atoms with van der Waals surface area (Å²) in [6.45, 7) is 5.22. The average Bonchev–Trinajstić information content (AvgIpc) is 2.71. The number of hydrogen-bond acceptors (Lipinski definition) is 3. The van der Waals surface area contributed by atoms with E-state index in [-0.39, 0.29) is 12.1 Å². The Morgan fingerprint density at radius 3 is 2.45 bits per heavy atom. The minimum absolute atomic E-state index is 0.0979. The summed E-state index contributed by atoms with van der Waals surface area (Å²) in [7, 11) is 3.43. The van der Waals surface area contributed by atoms with Crippen molar-refractivity contribution < 1.29 is 9.53 Å². The third-order valence-electron chi connectivity index (χ3n) is 4.19. The molecule has 4 N–H and O–H groups in total. The molecule has 0 aliphatic carbocycles. The first-order valence-corrected chi connectivity index (χ1v) is 9.74. The maximum atomic E-state index is 11.7. The first-order chi connectivity index (χ1) is 14.0. The summed E-state index contributed by atoms with van der Waals surface area (Å²) in [4.78, 5) is 16.0. The molecule has 0 aliphatic rings. The lowest BCUT2D eigenvalue weighted by atomic mass is 10.1. The van der Waals surface area contributed by atoms with Crippen LogP contribution in [0.15, 0.2) is 53.5 Å². The fourth-order valence-electron chi connectivity index (χ4n) is 2.77. The Labute approximate surface area is 173 Å². The molecule has 0 heterocycles. The second-order valence-corrected chi connectivity index (χ2v) is 6.86. The van der Waals surface area contributed by atoms with E-state index in [0.717, 1.165) is 41.5 Å². The van der Waals surface area contributed by atoms with Crippen LogP contribution in [0.1, 0.15) is 25.0 Å². The van der Waals surface area contributed by atoms with Gasteiger partial charge in [-0.25, -0.2) is 4.79 Å². The number of methoxy groups -OCH3 is 1. The molecule has 2 aromatic carbocycles. The van der Waals surface area contributed by atoms with E-state index in [2.05, 4.69) is 32.3 Å². The molecule has 2 rings (SSSR count). The van der Waals surface area contributed by atoms with E-state index in [1.165, 1.54) is 0 Å². The van der Waals surface area contributed by atoms with Gasteiger partial charge in [0, 0.05) is 31.9 Å². The molecular weight excluding hydrogens is 366 g/mol. The Kier molecular flexibility index (Phi) is 8.82. The van der Waals surface area contributed by atoms with Gasteiger partial charge in [-0.15, -0.1) is 0 Å². The first kappa shape index (κ1) is 22.1. The summed E-state index contributed by atoms with van der Waals surface area (Å²) in [5, 5.41) is 12.2. The molecule has 0 saturated heterocycles. The van der Waals surface area contributed by atoms with E-state index in [0.29, 0.717) is 6.54 Å². The van der Waals surface area contributed by atoms with Crippen molar-refractivity contribution in [3.05, 3.63) is 59.7 Å². The summed E-state index contributed by atoms with van der Waals surface area (Å²) in [6, 6.07) is 15.6. The minimum Gasteiger partial charge on any atom is -0.496 e. The minimum atomic E-state index is -0.203. The molecule has 0 atom stereocenters. The van der Waals surface area contributed by atoms with Crippen molar-refractivity contribution in [3.8, 4) is 5.75 Å². The number of amides is 2. The van der Waals surface area contributed by atoms with Crippen LogP contribution in [0.3, 0.4) is 0 Å². The Morgan fingerprint density at radius 2 is 1.79 bits per heavy atom. The Balaban J connectivity index is 1.78. The zero-order chi connectivity index (χ0) is 21.1. The van der Waals surface area contributed by atoms with Crippen molar-refractivity contribution in [3.63, 3.8) is 0 Å². The van der Waals surface area contributed by atoms with E-state index in [4.69, 9.17) is 4.74 Å². The normalized spacial score (nSPS) is 11.1. The van der Waals surface area contributed by atoms with Crippen molar-refractivity contribution in [2.75, 3.05) is 26.0 Å². The van der Waals surface area contributed by atoms with E-state index in [1.807, 2.05) is 56.3 Å². The van der Waals surface area contributed by atoms with Crippen molar-refractivity contribution in [1.29, 1.82) is 0 Å². The van der Waals surface area contributed by atoms with Gasteiger partial charge in [-0.3, -0.25) is 4.99 Å². The predicted molar refractivity (Wildman–Crippen MR) is 119 cm³/mol. The number of urea groups is 1. The molecule has 0 radical (unpaired) electrons. The fourth-order valence-corrected chi connectivity index (χ4v) is 2.77. The number of nitrogens with zero attached hydrogens (tertiary/aromatic N) is 1. The van der Waals surface area contributed by atoms with Crippen molar-refractivity contribution >= 4 is 17.7 Å². The summed E-state index contributed by atoms with van der Waals surface area (Å²) >= 11 is 0. The number of carbonyl (C=O) groups excluding carboxylic acids is 1. The highest BCUT2D eigenvalue weighted by Crippen LogP contribution is 2.17. The molecule has 0 bridgehead atoms. The quantitative estimate of drug-likeness (QED) is 0.407. The van der Waals surface area contributed by atoms with E-state index in [9.17, 15) is 4.79 Å². The van der Waals surface area contributed by atoms with Gasteiger partial charge in [0.15, 0.2) is 5.96 Å². The first-order valence-electron chi connectivity index (χ1n) is 9.74. The molecule has 0 spiro atoms. The smallest absolute Gasteiger partial charge is 0.319 e. The highest BCUT2D eigenvalue weighted by molar-refractivity contribution is 5.89. The second-order valence-electron chi connectivity index (χ2n) is 6.86. The van der Waals surface area contributed by atoms with E-state index in [1.54, 1.807) is 14.2 Å². The van der Waals surface area contributed by atoms with Gasteiger partial charge < -0.3 is 26.0 Å². The summed E-state index contributed by atoms with van der Waals surface area (Å²) in [6.07, 6.45) is 0.837. The third-order valence-corrected chi connectivity index (χ3v) is 4.19. The van der Waals surface area contributed by atoms with Crippen molar-refractivity contribution in [2.45, 2.75) is 32.9 Å². The molecule has 0 aromatic heterocycles. The van der Waals surface area contributed by atoms with Crippen LogP contribution >= 0.6 is 0 Å². The van der Waals surface area contributed by atoms with Crippen LogP contribution < -0.4 is 26.0 Å². The van der Waals surface area contributed by atoms with Crippen LogP contribution in [0.25, 0.3) is 0 Å². The van der Waals surface area contributed by atoms with Crippen molar-refractivity contribution in [2.24, 2.45) is 4.99 Å². The molecular formula is C22H31N5O2. The number of anilines is 1. The summed E-state index contributed by atoms with van der Waals surface area (Å²) in [5.41, 5.74) is 3.00. The molecule has 0 unspecified atom stereocenters. The van der Waals surface area contributed by atoms with Crippen LogP contribution in [0.4, 0.5) is 10.5 Å². The molecule has 2 amide bonds. The highest BCUT2D eigenvalue weighted by atomic mass is 16.5. The fraction of sp³-hybridized carbons (Fsp3) is 0.364. The zero-order valence-electron chi connectivity index (χ0n) is 17.6. The van der Waals surface area contributed by atoms with Crippen LogP contribution in [-0.4, -0.2) is 38.7 Å². The molecule has 7 heteroatoms. The molecule has 0 aliphatic heterocycles. The van der Waals surface area contributed by atoms with E-state index < -0.39 is 0 Å². The Hall–Kier alpha value is -3.22. The average molecular weight is 398 g/mol. The lowest BCUT2D eigenvalue weighted by molar-refractivity contribution is 0.250. The lowest BCUT2D eigenvalue weighted by Crippen LogP contribution is -2.37. The Morgan fingerprint density at radius 1 is 1.07 bits per heavy atom. The van der Waals surface area contributed by atoms with Gasteiger partial charge in [-0.2, -0.15) is 0 Å². The summed E-state index contributed by atoms with van der Waals surface area (Å²) in [5.74, 6) is 1.63. The molecule has 0 saturated carbocycles. The number of aliphatic imine (C=N–C) groups is 1. The number of para-hydroxylation sites is 1. The topological polar surface area (TPSA) is 86.8 Å². The zero-order valence-corrected chi connectivity index (χ0v) is 17.6. The number of hydrogen-bond donors (Lipinski definition) is 4. The van der Waals surface area contributed by atoms with E-state index >= 15 is 0 Å². The number of nitrogens with one attached hydrogen (secondary N) is 4. The molecule has 2 aromatic rings. The standard InChI is InChI=1S/C22H31N5O2/c1-16(2)26-22(28)27-19-11-9-17(10-12-19)15-25-21(23-3)24-14-13-18-7-5-6-8-20(18)29-4/h5-12,16H,13-15H2,1-4H3,(H2,23,24,25)(H2,26,27,28). The predicted octanol–water partition coefficient (Wildman–Crippen LogP) is 3.13. The third kappa shape index (κ3) is 7.73. The largest absolute Gasteiger partial charge is 0.496 e. The van der Waals surface area contributed by atoms with Crippen LogP contribution in [0.5, 0.6) is 5.75 Å². The number of carbonyl (C=O) groups is 1. The highest BCUT2D eigenvalue weighted by Gasteiger charge is 2.05. The number of ether oxygens (including phenoxy) is 1. The van der Waals surface area contributed by atoms with Crippen LogP contribution in [-0.2, 0) is 13.0 Å². The van der Waals surface area contributed by atoms with Gasteiger partial charge in [-0.05, 0) is 49.6 Å². The van der Waals surface area contributed by atoms with Gasteiger partial charge in [-0.1, -0.05) is 30.3 Å². The maximum absolute atomic E-state index is 11.7. The monoisotopic (exact) mass is 397 g/mol. The SMILES string of the molecule is CN=C(NCCc1ccccc1OC)NCc1ccc(NC(=O)NC(C)C)cc1. The number of rotatable bonds is 8. The van der Waals surface area contributed by atoms with Gasteiger partial charge in [0.25, 0.3) is 0 Å². The lowest BCUT2D eigenvalue weighted by Gasteiger charge is -2.14. The summed E-state index contributed by atoms with van der Waals surface area (Å²) < 4.78 is 5.38. The molecule has 29 heavy (non-hydrogen) atoms. The molecule has 0 fully saturated rings. The number of guanidine groups is 1. The molecule has 7 nitrogen and oxygen atoms in total. The Bertz CT molecular complexity index is 803. The molecule has 156 valence electrons. The maximum Gasteiger partial charge on any atom is 0.319 e. The van der Waals surface area contributed by atoms with Gasteiger partial charge in [0.1, 0.15) is 5.75 Å².